The van der Waals surface area contributed by atoms with E-state index < -0.39 is 4.92 Å². The van der Waals surface area contributed by atoms with Crippen molar-refractivity contribution < 1.29 is 14.5 Å². The molecule has 0 aromatic carbocycles. The zero-order chi connectivity index (χ0) is 13.4. The summed E-state index contributed by atoms with van der Waals surface area (Å²) in [5.41, 5.74) is 0. The molecule has 1 aromatic rings. The second-order valence-corrected chi connectivity index (χ2v) is 3.81. The third-order valence-electron chi connectivity index (χ3n) is 2.39. The molecule has 0 radical (unpaired) electrons. The second-order valence-electron chi connectivity index (χ2n) is 3.81. The van der Waals surface area contributed by atoms with Crippen LogP contribution in [0.15, 0.2) is 12.3 Å². The van der Waals surface area contributed by atoms with E-state index in [4.69, 9.17) is 4.74 Å². The fourth-order valence-corrected chi connectivity index (χ4v) is 1.53. The van der Waals surface area contributed by atoms with Crippen molar-refractivity contribution >= 4 is 11.8 Å². The molecule has 0 atom stereocenters. The Bertz CT molecular complexity index is 403. The molecular formula is C11H17N3O4. The van der Waals surface area contributed by atoms with E-state index in [1.54, 1.807) is 17.8 Å². The largest absolute Gasteiger partial charge is 0.466 e. The van der Waals surface area contributed by atoms with Crippen molar-refractivity contribution in [3.05, 3.63) is 22.4 Å². The highest BCUT2D eigenvalue weighted by Gasteiger charge is 2.10. The van der Waals surface area contributed by atoms with Crippen molar-refractivity contribution in [1.29, 1.82) is 0 Å². The first-order valence-corrected chi connectivity index (χ1v) is 5.97. The fraction of sp³-hybridized carbons (Fsp3) is 0.636. The Labute approximate surface area is 105 Å². The molecule has 0 aliphatic rings. The van der Waals surface area contributed by atoms with Gasteiger partial charge in [0, 0.05) is 6.42 Å². The van der Waals surface area contributed by atoms with Crippen molar-refractivity contribution in [2.24, 2.45) is 0 Å². The molecule has 0 N–H and O–H groups in total. The van der Waals surface area contributed by atoms with Gasteiger partial charge in [-0.15, -0.1) is 0 Å². The third-order valence-corrected chi connectivity index (χ3v) is 2.39. The summed E-state index contributed by atoms with van der Waals surface area (Å²) in [7, 11) is 0. The highest BCUT2D eigenvalue weighted by Crippen LogP contribution is 2.07. The number of ether oxygens (including phenoxy) is 1. The molecule has 0 unspecified atom stereocenters. The maximum atomic E-state index is 11.0. The van der Waals surface area contributed by atoms with E-state index in [0.717, 1.165) is 19.3 Å². The van der Waals surface area contributed by atoms with E-state index in [9.17, 15) is 14.9 Å². The van der Waals surface area contributed by atoms with Gasteiger partial charge in [-0.2, -0.15) is 4.68 Å². The predicted molar refractivity (Wildman–Crippen MR) is 64.0 cm³/mol. The van der Waals surface area contributed by atoms with Crippen LogP contribution in [0.25, 0.3) is 0 Å². The quantitative estimate of drug-likeness (QED) is 0.306. The Morgan fingerprint density at radius 3 is 2.89 bits per heavy atom. The van der Waals surface area contributed by atoms with Gasteiger partial charge in [0.15, 0.2) is 0 Å². The van der Waals surface area contributed by atoms with Crippen LogP contribution in [-0.4, -0.2) is 27.3 Å². The first kappa shape index (κ1) is 14.1. The molecule has 1 rings (SSSR count). The van der Waals surface area contributed by atoms with E-state index in [2.05, 4.69) is 5.10 Å². The normalized spacial score (nSPS) is 10.3. The number of aromatic nitrogens is 2. The number of unbranched alkanes of at least 4 members (excludes halogenated alkanes) is 2. The molecule has 7 heteroatoms. The van der Waals surface area contributed by atoms with E-state index >= 15 is 0 Å². The van der Waals surface area contributed by atoms with Crippen molar-refractivity contribution in [2.45, 2.75) is 39.2 Å². The number of nitrogens with zero attached hydrogens (tertiary/aromatic N) is 3. The summed E-state index contributed by atoms with van der Waals surface area (Å²) in [4.78, 5) is 20.9. The van der Waals surface area contributed by atoms with Crippen LogP contribution in [0.5, 0.6) is 0 Å². The zero-order valence-electron chi connectivity index (χ0n) is 10.4. The van der Waals surface area contributed by atoms with E-state index in [0.29, 0.717) is 19.6 Å². The molecule has 0 aliphatic carbocycles. The van der Waals surface area contributed by atoms with E-state index in [-0.39, 0.29) is 11.8 Å². The molecule has 0 amide bonds. The lowest BCUT2D eigenvalue weighted by Crippen LogP contribution is -2.04. The zero-order valence-corrected chi connectivity index (χ0v) is 10.4. The highest BCUT2D eigenvalue weighted by atomic mass is 16.6. The molecule has 0 saturated heterocycles. The number of carbonyl (C=O) groups excluding carboxylic acids is 1. The third kappa shape index (κ3) is 4.94. The Morgan fingerprint density at radius 2 is 2.28 bits per heavy atom. The highest BCUT2D eigenvalue weighted by molar-refractivity contribution is 5.69. The minimum atomic E-state index is -0.517. The number of aryl methyl sites for hydroxylation is 1. The first-order valence-electron chi connectivity index (χ1n) is 5.97. The monoisotopic (exact) mass is 255 g/mol. The van der Waals surface area contributed by atoms with Crippen LogP contribution in [0.1, 0.15) is 32.6 Å². The van der Waals surface area contributed by atoms with Crippen molar-refractivity contribution in [3.8, 4) is 0 Å². The van der Waals surface area contributed by atoms with Crippen LogP contribution in [0.3, 0.4) is 0 Å². The van der Waals surface area contributed by atoms with Gasteiger partial charge in [0.05, 0.1) is 30.5 Å². The standard InChI is InChI=1S/C11H17N3O4/c1-2-18-11(15)6-4-3-5-8-13-9-7-10(12-13)14(16)17/h7,9H,2-6,8H2,1H3. The van der Waals surface area contributed by atoms with Gasteiger partial charge in [-0.3, -0.25) is 4.79 Å². The lowest BCUT2D eigenvalue weighted by atomic mass is 10.2. The van der Waals surface area contributed by atoms with Crippen LogP contribution in [0.4, 0.5) is 5.82 Å². The smallest absolute Gasteiger partial charge is 0.389 e. The Hall–Kier alpha value is -1.92. The van der Waals surface area contributed by atoms with Crippen LogP contribution in [0.2, 0.25) is 0 Å². The Kier molecular flexibility index (Phi) is 5.83. The Balaban J connectivity index is 2.14. The summed E-state index contributed by atoms with van der Waals surface area (Å²) < 4.78 is 6.35. The molecule has 0 aliphatic heterocycles. The molecule has 1 heterocycles. The van der Waals surface area contributed by atoms with Gasteiger partial charge >= 0.3 is 11.8 Å². The van der Waals surface area contributed by atoms with Crippen molar-refractivity contribution in [1.82, 2.24) is 9.78 Å². The van der Waals surface area contributed by atoms with Gasteiger partial charge in [0.2, 0.25) is 0 Å². The summed E-state index contributed by atoms with van der Waals surface area (Å²) >= 11 is 0. The van der Waals surface area contributed by atoms with Gasteiger partial charge in [0.25, 0.3) is 0 Å². The molecule has 0 fully saturated rings. The van der Waals surface area contributed by atoms with E-state index in [1.165, 1.54) is 6.07 Å². The lowest BCUT2D eigenvalue weighted by Gasteiger charge is -2.01. The first-order chi connectivity index (χ1) is 8.63. The van der Waals surface area contributed by atoms with Gasteiger partial charge in [-0.05, 0) is 24.7 Å². The van der Waals surface area contributed by atoms with Crippen LogP contribution < -0.4 is 0 Å². The van der Waals surface area contributed by atoms with Crippen LogP contribution >= 0.6 is 0 Å². The average molecular weight is 255 g/mol. The lowest BCUT2D eigenvalue weighted by molar-refractivity contribution is -0.389. The number of hydrogen-bond donors (Lipinski definition) is 0. The molecule has 0 saturated carbocycles. The molecule has 18 heavy (non-hydrogen) atoms. The molecule has 1 aromatic heterocycles. The molecule has 100 valence electrons. The Morgan fingerprint density at radius 1 is 1.50 bits per heavy atom. The average Bonchev–Trinajstić information content (AvgIpc) is 2.78. The van der Waals surface area contributed by atoms with Gasteiger partial charge < -0.3 is 14.9 Å². The molecule has 0 spiro atoms. The van der Waals surface area contributed by atoms with Crippen LogP contribution in [0, 0.1) is 10.1 Å². The van der Waals surface area contributed by atoms with Crippen LogP contribution in [-0.2, 0) is 16.1 Å². The maximum absolute atomic E-state index is 11.0. The number of hydrogen-bond acceptors (Lipinski definition) is 5. The maximum Gasteiger partial charge on any atom is 0.389 e. The number of nitro groups is 1. The number of esters is 1. The minimum Gasteiger partial charge on any atom is -0.466 e. The van der Waals surface area contributed by atoms with Gasteiger partial charge in [-0.25, -0.2) is 0 Å². The van der Waals surface area contributed by atoms with Gasteiger partial charge in [0.1, 0.15) is 0 Å². The van der Waals surface area contributed by atoms with Gasteiger partial charge in [-0.1, -0.05) is 6.42 Å². The van der Waals surface area contributed by atoms with Crippen molar-refractivity contribution in [2.75, 3.05) is 6.61 Å². The second kappa shape index (κ2) is 7.41. The van der Waals surface area contributed by atoms with E-state index in [1.807, 2.05) is 0 Å². The molecule has 7 nitrogen and oxygen atoms in total. The molecular weight excluding hydrogens is 238 g/mol. The topological polar surface area (TPSA) is 87.3 Å². The summed E-state index contributed by atoms with van der Waals surface area (Å²) in [5.74, 6) is -0.311. The minimum absolute atomic E-state index is 0.137. The SMILES string of the molecule is CCOC(=O)CCCCCn1ccc([N+](=O)[O-])n1. The van der Waals surface area contributed by atoms with Crippen molar-refractivity contribution in [3.63, 3.8) is 0 Å². The fourth-order valence-electron chi connectivity index (χ4n) is 1.53. The summed E-state index contributed by atoms with van der Waals surface area (Å²) in [6.07, 6.45) is 4.48. The molecule has 0 bridgehead atoms. The summed E-state index contributed by atoms with van der Waals surface area (Å²) in [5, 5.41) is 14.2. The summed E-state index contributed by atoms with van der Waals surface area (Å²) in [6.45, 7) is 2.81. The summed E-state index contributed by atoms with van der Waals surface area (Å²) in [6, 6.07) is 1.37. The number of rotatable bonds is 8. The predicted octanol–water partition coefficient (Wildman–Crippen LogP) is 1.91. The number of carbonyl (C=O) groups is 1.